The van der Waals surface area contributed by atoms with Gasteiger partial charge in [-0.1, -0.05) is 42.8 Å². The Morgan fingerprint density at radius 1 is 1.20 bits per heavy atom. The molecule has 0 aliphatic carbocycles. The van der Waals surface area contributed by atoms with Crippen LogP contribution in [0.25, 0.3) is 0 Å². The molecule has 0 spiro atoms. The number of methoxy groups -OCH3 is 1. The second-order valence-electron chi connectivity index (χ2n) is 5.88. The zero-order chi connectivity index (χ0) is 17.6. The van der Waals surface area contributed by atoms with Gasteiger partial charge in [0.2, 0.25) is 5.13 Å². The molecule has 25 heavy (non-hydrogen) atoms. The van der Waals surface area contributed by atoms with Gasteiger partial charge in [0, 0.05) is 29.5 Å². The van der Waals surface area contributed by atoms with E-state index in [0.717, 1.165) is 33.8 Å². The van der Waals surface area contributed by atoms with Crippen molar-refractivity contribution >= 4 is 28.3 Å². The fraction of sp³-hybridized carbons (Fsp3) is 0.263. The van der Waals surface area contributed by atoms with Gasteiger partial charge >= 0.3 is 0 Å². The van der Waals surface area contributed by atoms with Crippen molar-refractivity contribution in [3.05, 3.63) is 70.5 Å². The molecule has 4 nitrogen and oxygen atoms in total. The number of hydrogen-bond acceptors (Lipinski definition) is 5. The van der Waals surface area contributed by atoms with Gasteiger partial charge in [0.25, 0.3) is 0 Å². The first kappa shape index (κ1) is 17.7. The molecule has 130 valence electrons. The van der Waals surface area contributed by atoms with Crippen molar-refractivity contribution in [2.24, 2.45) is 0 Å². The summed E-state index contributed by atoms with van der Waals surface area (Å²) in [6, 6.07) is 15.9. The fourth-order valence-corrected chi connectivity index (χ4v) is 3.23. The van der Waals surface area contributed by atoms with E-state index in [1.54, 1.807) is 7.11 Å². The van der Waals surface area contributed by atoms with Crippen LogP contribution in [0.3, 0.4) is 0 Å². The maximum absolute atomic E-state index is 5.94. The molecule has 0 fully saturated rings. The molecule has 1 N–H and O–H groups in total. The van der Waals surface area contributed by atoms with Gasteiger partial charge in [0.15, 0.2) is 0 Å². The van der Waals surface area contributed by atoms with Crippen LogP contribution in [-0.2, 0) is 6.42 Å². The van der Waals surface area contributed by atoms with E-state index in [-0.39, 0.29) is 0 Å². The Balaban J connectivity index is 1.57. The lowest BCUT2D eigenvalue weighted by atomic mass is 10.0. The highest BCUT2D eigenvalue weighted by molar-refractivity contribution is 7.09. The van der Waals surface area contributed by atoms with E-state index in [4.69, 9.17) is 16.3 Å². The highest BCUT2D eigenvalue weighted by Gasteiger charge is 2.09. The molecule has 0 saturated heterocycles. The summed E-state index contributed by atoms with van der Waals surface area (Å²) in [5, 5.41) is 4.98. The molecule has 1 unspecified atom stereocenters. The van der Waals surface area contributed by atoms with Crippen molar-refractivity contribution < 1.29 is 4.74 Å². The van der Waals surface area contributed by atoms with E-state index in [1.807, 2.05) is 30.3 Å². The summed E-state index contributed by atoms with van der Waals surface area (Å²) < 4.78 is 9.69. The first-order valence-corrected chi connectivity index (χ1v) is 9.24. The normalized spacial score (nSPS) is 12.0. The van der Waals surface area contributed by atoms with Gasteiger partial charge in [-0.15, -0.1) is 0 Å². The van der Waals surface area contributed by atoms with Crippen LogP contribution in [0.1, 0.15) is 29.8 Å². The number of halogens is 1. The average Bonchev–Trinajstić information content (AvgIpc) is 3.08. The Bertz CT molecular complexity index is 820. The molecule has 6 heteroatoms. The Morgan fingerprint density at radius 2 is 2.00 bits per heavy atom. The van der Waals surface area contributed by atoms with E-state index in [0.29, 0.717) is 12.3 Å². The molecule has 0 aliphatic rings. The van der Waals surface area contributed by atoms with Crippen LogP contribution in [0.5, 0.6) is 5.75 Å². The topological polar surface area (TPSA) is 47.0 Å². The molecule has 1 aromatic heterocycles. The number of benzene rings is 2. The van der Waals surface area contributed by atoms with Gasteiger partial charge in [0.05, 0.1) is 7.11 Å². The summed E-state index contributed by atoms with van der Waals surface area (Å²) in [5.41, 5.74) is 2.39. The first-order chi connectivity index (χ1) is 12.1. The molecule has 0 saturated carbocycles. The third kappa shape index (κ3) is 4.94. The molecule has 0 bridgehead atoms. The van der Waals surface area contributed by atoms with Crippen molar-refractivity contribution in [1.82, 2.24) is 9.36 Å². The monoisotopic (exact) mass is 373 g/mol. The molecular formula is C19H20ClN3OS. The Morgan fingerprint density at radius 3 is 2.76 bits per heavy atom. The number of aromatic nitrogens is 2. The number of anilines is 1. The van der Waals surface area contributed by atoms with E-state index < -0.39 is 0 Å². The Labute approximate surface area is 157 Å². The molecule has 3 aromatic rings. The minimum Gasteiger partial charge on any atom is -0.497 e. The van der Waals surface area contributed by atoms with Crippen LogP contribution in [0.4, 0.5) is 5.13 Å². The summed E-state index contributed by atoms with van der Waals surface area (Å²) in [6.45, 7) is 2.98. The second-order valence-corrected chi connectivity index (χ2v) is 7.07. The van der Waals surface area contributed by atoms with E-state index in [9.17, 15) is 0 Å². The highest BCUT2D eigenvalue weighted by Crippen LogP contribution is 2.21. The van der Waals surface area contributed by atoms with Crippen LogP contribution in [0, 0.1) is 0 Å². The average molecular weight is 374 g/mol. The lowest BCUT2D eigenvalue weighted by molar-refractivity contribution is 0.414. The molecule has 1 heterocycles. The van der Waals surface area contributed by atoms with E-state index in [1.165, 1.54) is 17.1 Å². The minimum atomic E-state index is 0.364. The third-order valence-electron chi connectivity index (χ3n) is 3.96. The number of hydrogen-bond donors (Lipinski definition) is 1. The number of nitrogens with one attached hydrogen (secondary N) is 1. The summed E-state index contributed by atoms with van der Waals surface area (Å²) >= 11 is 7.33. The summed E-state index contributed by atoms with van der Waals surface area (Å²) in [6.07, 6.45) is 0.697. The minimum absolute atomic E-state index is 0.364. The number of rotatable bonds is 7. The summed E-state index contributed by atoms with van der Waals surface area (Å²) in [4.78, 5) is 4.58. The van der Waals surface area contributed by atoms with E-state index in [2.05, 4.69) is 39.8 Å². The predicted octanol–water partition coefficient (Wildman–Crippen LogP) is 5.01. The largest absolute Gasteiger partial charge is 0.497 e. The number of nitrogens with zero attached hydrogens (tertiary/aromatic N) is 2. The maximum atomic E-state index is 5.94. The molecule has 0 amide bonds. The molecular weight excluding hydrogens is 354 g/mol. The lowest BCUT2D eigenvalue weighted by Crippen LogP contribution is -2.09. The van der Waals surface area contributed by atoms with Gasteiger partial charge in [-0.3, -0.25) is 0 Å². The van der Waals surface area contributed by atoms with Crippen LogP contribution < -0.4 is 10.1 Å². The molecule has 1 atom stereocenters. The fourth-order valence-electron chi connectivity index (χ4n) is 2.51. The quantitative estimate of drug-likeness (QED) is 0.632. The maximum Gasteiger partial charge on any atom is 0.202 e. The highest BCUT2D eigenvalue weighted by atomic mass is 35.5. The molecule has 3 rings (SSSR count). The standard InChI is InChI=1S/C19H20ClN3OS/c1-13(15-6-8-16(20)9-7-15)12-21-19-22-18(23-25-19)11-14-4-3-5-17(10-14)24-2/h3-10,13H,11-12H2,1-2H3,(H,21,22,23). The van der Waals surface area contributed by atoms with E-state index >= 15 is 0 Å². The summed E-state index contributed by atoms with van der Waals surface area (Å²) in [5.74, 6) is 2.03. The van der Waals surface area contributed by atoms with Crippen LogP contribution in [0.15, 0.2) is 48.5 Å². The van der Waals surface area contributed by atoms with Crippen molar-refractivity contribution in [1.29, 1.82) is 0 Å². The Kier molecular flexibility index (Phi) is 5.89. The Hall–Kier alpha value is -2.11. The zero-order valence-electron chi connectivity index (χ0n) is 14.2. The van der Waals surface area contributed by atoms with Crippen LogP contribution in [0.2, 0.25) is 5.02 Å². The van der Waals surface area contributed by atoms with Gasteiger partial charge < -0.3 is 10.1 Å². The van der Waals surface area contributed by atoms with Crippen LogP contribution in [-0.4, -0.2) is 23.0 Å². The zero-order valence-corrected chi connectivity index (χ0v) is 15.8. The first-order valence-electron chi connectivity index (χ1n) is 8.09. The molecule has 0 aliphatic heterocycles. The SMILES string of the molecule is COc1cccc(Cc2nsc(NCC(C)c3ccc(Cl)cc3)n2)c1. The van der Waals surface area contributed by atoms with Crippen molar-refractivity contribution in [2.75, 3.05) is 19.0 Å². The lowest BCUT2D eigenvalue weighted by Gasteiger charge is -2.12. The second kappa shape index (κ2) is 8.32. The summed E-state index contributed by atoms with van der Waals surface area (Å²) in [7, 11) is 1.67. The van der Waals surface area contributed by atoms with Crippen molar-refractivity contribution in [3.8, 4) is 5.75 Å². The molecule has 0 radical (unpaired) electrons. The van der Waals surface area contributed by atoms with Crippen molar-refractivity contribution in [2.45, 2.75) is 19.3 Å². The third-order valence-corrected chi connectivity index (χ3v) is 4.93. The number of ether oxygens (including phenoxy) is 1. The van der Waals surface area contributed by atoms with Gasteiger partial charge in [-0.25, -0.2) is 4.98 Å². The van der Waals surface area contributed by atoms with Gasteiger partial charge in [-0.05, 0) is 41.3 Å². The molecule has 2 aromatic carbocycles. The van der Waals surface area contributed by atoms with Crippen molar-refractivity contribution in [3.63, 3.8) is 0 Å². The van der Waals surface area contributed by atoms with Gasteiger partial charge in [0.1, 0.15) is 11.6 Å². The van der Waals surface area contributed by atoms with Gasteiger partial charge in [-0.2, -0.15) is 4.37 Å². The smallest absolute Gasteiger partial charge is 0.202 e. The predicted molar refractivity (Wildman–Crippen MR) is 104 cm³/mol. The van der Waals surface area contributed by atoms with Crippen LogP contribution >= 0.6 is 23.1 Å².